The molecule has 0 amide bonds. The van der Waals surface area contributed by atoms with Crippen LogP contribution in [0.5, 0.6) is 0 Å². The van der Waals surface area contributed by atoms with Crippen LogP contribution in [0.25, 0.3) is 0 Å². The maximum atomic E-state index is 3.35. The van der Waals surface area contributed by atoms with Crippen LogP contribution in [0.4, 0.5) is 0 Å². The number of nitrogens with one attached hydrogen (secondary N) is 1. The third-order valence-electron chi connectivity index (χ3n) is 2.18. The smallest absolute Gasteiger partial charge is 0.0306 e. The number of thiophene rings is 1. The van der Waals surface area contributed by atoms with Crippen LogP contribution >= 0.6 is 11.3 Å². The lowest BCUT2D eigenvalue weighted by Gasteiger charge is -1.92. The molecule has 0 radical (unpaired) electrons. The van der Waals surface area contributed by atoms with Crippen molar-refractivity contribution in [3.8, 4) is 0 Å². The number of fused-ring (bicyclic) bond motifs is 1. The number of hydrogen-bond donors (Lipinski definition) is 1. The van der Waals surface area contributed by atoms with E-state index in [4.69, 9.17) is 0 Å². The third-order valence-corrected chi connectivity index (χ3v) is 3.43. The molecule has 0 fully saturated rings. The Balaban J connectivity index is 2.59. The third kappa shape index (κ3) is 0.724. The molecule has 0 saturated carbocycles. The highest BCUT2D eigenvalue weighted by molar-refractivity contribution is 7.12. The Morgan fingerprint density at radius 3 is 2.80 bits per heavy atom. The van der Waals surface area contributed by atoms with Gasteiger partial charge < -0.3 is 5.32 Å². The van der Waals surface area contributed by atoms with E-state index in [-0.39, 0.29) is 0 Å². The van der Waals surface area contributed by atoms with Gasteiger partial charge in [-0.1, -0.05) is 0 Å². The van der Waals surface area contributed by atoms with E-state index >= 15 is 0 Å². The summed E-state index contributed by atoms with van der Waals surface area (Å²) >= 11 is 1.94. The number of rotatable bonds is 0. The maximum absolute atomic E-state index is 3.35. The Morgan fingerprint density at radius 2 is 2.10 bits per heavy atom. The first-order valence-electron chi connectivity index (χ1n) is 3.57. The molecule has 2 heteroatoms. The van der Waals surface area contributed by atoms with Gasteiger partial charge in [0.1, 0.15) is 0 Å². The summed E-state index contributed by atoms with van der Waals surface area (Å²) in [5, 5.41) is 3.35. The zero-order valence-electron chi connectivity index (χ0n) is 6.32. The molecule has 10 heavy (non-hydrogen) atoms. The van der Waals surface area contributed by atoms with Crippen LogP contribution in [-0.4, -0.2) is 0 Å². The van der Waals surface area contributed by atoms with Gasteiger partial charge in [0.15, 0.2) is 0 Å². The minimum atomic E-state index is 1.09. The highest BCUT2D eigenvalue weighted by Gasteiger charge is 2.16. The van der Waals surface area contributed by atoms with Gasteiger partial charge in [0, 0.05) is 22.8 Å². The Morgan fingerprint density at radius 1 is 1.30 bits per heavy atom. The van der Waals surface area contributed by atoms with Crippen molar-refractivity contribution in [1.82, 2.24) is 5.32 Å². The molecule has 1 aromatic rings. The molecule has 1 nitrogen and oxygen atoms in total. The Kier molecular flexibility index (Phi) is 1.32. The normalized spacial score (nSPS) is 15.8. The molecule has 0 bridgehead atoms. The lowest BCUT2D eigenvalue weighted by Crippen LogP contribution is -2.01. The van der Waals surface area contributed by atoms with Crippen LogP contribution in [0.1, 0.15) is 20.9 Å². The van der Waals surface area contributed by atoms with E-state index in [1.165, 1.54) is 10.4 Å². The average molecular weight is 153 g/mol. The molecule has 1 aromatic heterocycles. The van der Waals surface area contributed by atoms with Crippen molar-refractivity contribution in [1.29, 1.82) is 0 Å². The van der Waals surface area contributed by atoms with Gasteiger partial charge in [-0.3, -0.25) is 0 Å². The minimum absolute atomic E-state index is 1.09. The Hall–Kier alpha value is -0.340. The second-order valence-electron chi connectivity index (χ2n) is 2.79. The van der Waals surface area contributed by atoms with Crippen LogP contribution < -0.4 is 5.32 Å². The summed E-state index contributed by atoms with van der Waals surface area (Å²) in [6.07, 6.45) is 0. The Bertz CT molecular complexity index is 262. The molecule has 0 aliphatic carbocycles. The predicted octanol–water partition coefficient (Wildman–Crippen LogP) is 1.97. The predicted molar refractivity (Wildman–Crippen MR) is 44.3 cm³/mol. The standard InChI is InChI=1S/C8H11NS/c1-5-6(2)10-8-4-9-3-7(5)8/h9H,3-4H2,1-2H3. The summed E-state index contributed by atoms with van der Waals surface area (Å²) in [5.74, 6) is 0. The summed E-state index contributed by atoms with van der Waals surface area (Å²) in [6.45, 7) is 6.61. The number of hydrogen-bond acceptors (Lipinski definition) is 2. The zero-order chi connectivity index (χ0) is 7.14. The molecule has 2 rings (SSSR count). The van der Waals surface area contributed by atoms with Gasteiger partial charge in [-0.15, -0.1) is 11.3 Å². The highest BCUT2D eigenvalue weighted by atomic mass is 32.1. The summed E-state index contributed by atoms with van der Waals surface area (Å²) in [4.78, 5) is 3.04. The maximum Gasteiger partial charge on any atom is 0.0306 e. The monoisotopic (exact) mass is 153 g/mol. The lowest BCUT2D eigenvalue weighted by molar-refractivity contribution is 0.765. The van der Waals surface area contributed by atoms with Crippen LogP contribution in [0, 0.1) is 13.8 Å². The molecular weight excluding hydrogens is 142 g/mol. The average Bonchev–Trinajstić information content (AvgIpc) is 2.41. The Labute approximate surface area is 65.1 Å². The topological polar surface area (TPSA) is 12.0 Å². The molecule has 0 spiro atoms. The van der Waals surface area contributed by atoms with Crippen molar-refractivity contribution in [2.24, 2.45) is 0 Å². The summed E-state index contributed by atoms with van der Waals surface area (Å²) < 4.78 is 0. The van der Waals surface area contributed by atoms with E-state index in [2.05, 4.69) is 19.2 Å². The fourth-order valence-electron chi connectivity index (χ4n) is 1.42. The molecule has 54 valence electrons. The fraction of sp³-hybridized carbons (Fsp3) is 0.500. The quantitative estimate of drug-likeness (QED) is 0.601. The summed E-state index contributed by atoms with van der Waals surface area (Å²) in [5.41, 5.74) is 3.06. The van der Waals surface area contributed by atoms with Gasteiger partial charge in [-0.2, -0.15) is 0 Å². The van der Waals surface area contributed by atoms with Crippen molar-refractivity contribution in [2.75, 3.05) is 0 Å². The molecule has 0 unspecified atom stereocenters. The minimum Gasteiger partial charge on any atom is -0.308 e. The van der Waals surface area contributed by atoms with Crippen molar-refractivity contribution >= 4 is 11.3 Å². The van der Waals surface area contributed by atoms with Gasteiger partial charge >= 0.3 is 0 Å². The zero-order valence-corrected chi connectivity index (χ0v) is 7.14. The van der Waals surface area contributed by atoms with E-state index in [1.54, 1.807) is 10.4 Å². The van der Waals surface area contributed by atoms with Crippen LogP contribution in [0.2, 0.25) is 0 Å². The van der Waals surface area contributed by atoms with Crippen molar-refractivity contribution < 1.29 is 0 Å². The largest absolute Gasteiger partial charge is 0.308 e. The fourth-order valence-corrected chi connectivity index (χ4v) is 2.59. The second-order valence-corrected chi connectivity index (χ2v) is 4.10. The summed E-state index contributed by atoms with van der Waals surface area (Å²) in [7, 11) is 0. The number of aryl methyl sites for hydroxylation is 1. The van der Waals surface area contributed by atoms with Crippen LogP contribution in [0.15, 0.2) is 0 Å². The molecule has 1 N–H and O–H groups in total. The molecule has 2 heterocycles. The lowest BCUT2D eigenvalue weighted by atomic mass is 10.1. The van der Waals surface area contributed by atoms with E-state index < -0.39 is 0 Å². The van der Waals surface area contributed by atoms with Gasteiger partial charge in [-0.25, -0.2) is 0 Å². The van der Waals surface area contributed by atoms with Gasteiger partial charge in [0.05, 0.1) is 0 Å². The molecule has 0 aromatic carbocycles. The van der Waals surface area contributed by atoms with E-state index in [0.717, 1.165) is 13.1 Å². The van der Waals surface area contributed by atoms with E-state index in [0.29, 0.717) is 0 Å². The van der Waals surface area contributed by atoms with Crippen molar-refractivity contribution in [2.45, 2.75) is 26.9 Å². The van der Waals surface area contributed by atoms with Gasteiger partial charge in [-0.05, 0) is 25.0 Å². The second kappa shape index (κ2) is 2.07. The molecule has 0 saturated heterocycles. The molecule has 1 aliphatic heterocycles. The molecular formula is C8H11NS. The van der Waals surface area contributed by atoms with Gasteiger partial charge in [0.25, 0.3) is 0 Å². The SMILES string of the molecule is Cc1sc2c(c1C)CNC2. The van der Waals surface area contributed by atoms with E-state index in [1.807, 2.05) is 11.3 Å². The van der Waals surface area contributed by atoms with Crippen LogP contribution in [-0.2, 0) is 13.1 Å². The molecule has 0 atom stereocenters. The van der Waals surface area contributed by atoms with Gasteiger partial charge in [0.2, 0.25) is 0 Å². The highest BCUT2D eigenvalue weighted by Crippen LogP contribution is 2.30. The van der Waals surface area contributed by atoms with E-state index in [9.17, 15) is 0 Å². The van der Waals surface area contributed by atoms with Crippen molar-refractivity contribution in [3.05, 3.63) is 20.9 Å². The van der Waals surface area contributed by atoms with Crippen LogP contribution in [0.3, 0.4) is 0 Å². The first-order valence-corrected chi connectivity index (χ1v) is 4.39. The first kappa shape index (κ1) is 6.38. The molecule has 1 aliphatic rings. The van der Waals surface area contributed by atoms with Crippen molar-refractivity contribution in [3.63, 3.8) is 0 Å². The first-order chi connectivity index (χ1) is 4.79. The summed E-state index contributed by atoms with van der Waals surface area (Å²) in [6, 6.07) is 0.